The van der Waals surface area contributed by atoms with Crippen LogP contribution in [0, 0.1) is 10.1 Å². The zero-order chi connectivity index (χ0) is 15.8. The van der Waals surface area contributed by atoms with Gasteiger partial charge in [-0.1, -0.05) is 44.2 Å². The molecule has 1 aromatic carbocycles. The summed E-state index contributed by atoms with van der Waals surface area (Å²) < 4.78 is 1.84. The molecule has 0 atom stereocenters. The summed E-state index contributed by atoms with van der Waals surface area (Å²) >= 11 is 0. The minimum Gasteiger partial charge on any atom is -0.258 e. The number of hydrogen-bond donors (Lipinski definition) is 0. The molecule has 1 aromatic heterocycles. The number of nitro benzene ring substituents is 1. The van der Waals surface area contributed by atoms with Gasteiger partial charge < -0.3 is 0 Å². The maximum Gasteiger partial charge on any atom is 0.269 e. The fourth-order valence-electron chi connectivity index (χ4n) is 2.35. The molecule has 0 aliphatic rings. The van der Waals surface area contributed by atoms with E-state index in [2.05, 4.69) is 17.2 Å². The van der Waals surface area contributed by atoms with E-state index in [1.54, 1.807) is 12.1 Å². The van der Waals surface area contributed by atoms with Gasteiger partial charge >= 0.3 is 0 Å². The van der Waals surface area contributed by atoms with E-state index in [1.165, 1.54) is 44.2 Å². The Bertz CT molecular complexity index is 592. The Morgan fingerprint density at radius 1 is 1.09 bits per heavy atom. The van der Waals surface area contributed by atoms with Crippen molar-refractivity contribution in [2.24, 2.45) is 0 Å². The third-order valence-corrected chi connectivity index (χ3v) is 3.65. The zero-order valence-electron chi connectivity index (χ0n) is 12.9. The van der Waals surface area contributed by atoms with Gasteiger partial charge in [0.1, 0.15) is 5.69 Å². The fourth-order valence-corrected chi connectivity index (χ4v) is 2.35. The van der Waals surface area contributed by atoms with Crippen LogP contribution in [0.5, 0.6) is 0 Å². The Hall–Kier alpha value is -2.24. The summed E-state index contributed by atoms with van der Waals surface area (Å²) in [5, 5.41) is 18.9. The molecule has 0 N–H and O–H groups in total. The predicted octanol–water partition coefficient (Wildman–Crippen LogP) is 4.21. The number of aromatic nitrogens is 3. The molecule has 2 aromatic rings. The van der Waals surface area contributed by atoms with Crippen LogP contribution in [0.15, 0.2) is 30.5 Å². The molecule has 6 nitrogen and oxygen atoms in total. The Kier molecular flexibility index (Phi) is 6.06. The molecule has 1 heterocycles. The fraction of sp³-hybridized carbons (Fsp3) is 0.500. The van der Waals surface area contributed by atoms with Crippen molar-refractivity contribution < 1.29 is 4.92 Å². The predicted molar refractivity (Wildman–Crippen MR) is 85.5 cm³/mol. The van der Waals surface area contributed by atoms with Crippen molar-refractivity contribution in [3.63, 3.8) is 0 Å². The van der Waals surface area contributed by atoms with Gasteiger partial charge in [0.15, 0.2) is 0 Å². The molecule has 0 spiro atoms. The first-order valence-corrected chi connectivity index (χ1v) is 7.85. The zero-order valence-corrected chi connectivity index (χ0v) is 12.9. The molecule has 0 aliphatic carbocycles. The Labute approximate surface area is 130 Å². The van der Waals surface area contributed by atoms with E-state index in [0.717, 1.165) is 24.2 Å². The topological polar surface area (TPSA) is 73.8 Å². The lowest BCUT2D eigenvalue weighted by molar-refractivity contribution is -0.384. The van der Waals surface area contributed by atoms with Crippen molar-refractivity contribution in [1.29, 1.82) is 0 Å². The van der Waals surface area contributed by atoms with Gasteiger partial charge in [-0.25, -0.2) is 0 Å². The van der Waals surface area contributed by atoms with Gasteiger partial charge in [-0.2, -0.15) is 0 Å². The monoisotopic (exact) mass is 302 g/mol. The van der Waals surface area contributed by atoms with Crippen LogP contribution in [0.4, 0.5) is 5.69 Å². The molecule has 0 radical (unpaired) electrons. The lowest BCUT2D eigenvalue weighted by atomic mass is 10.1. The first-order valence-electron chi connectivity index (χ1n) is 7.85. The summed E-state index contributed by atoms with van der Waals surface area (Å²) in [6, 6.07) is 6.39. The molecule has 0 aliphatic heterocycles. The number of rotatable bonds is 9. The van der Waals surface area contributed by atoms with Crippen LogP contribution < -0.4 is 0 Å². The molecule has 0 saturated heterocycles. The molecule has 22 heavy (non-hydrogen) atoms. The lowest BCUT2D eigenvalue weighted by Gasteiger charge is -2.00. The van der Waals surface area contributed by atoms with Crippen molar-refractivity contribution in [1.82, 2.24) is 15.0 Å². The Morgan fingerprint density at radius 2 is 1.77 bits per heavy atom. The second-order valence-corrected chi connectivity index (χ2v) is 5.44. The van der Waals surface area contributed by atoms with E-state index >= 15 is 0 Å². The van der Waals surface area contributed by atoms with E-state index in [1.807, 2.05) is 10.9 Å². The number of nitro groups is 1. The lowest BCUT2D eigenvalue weighted by Crippen LogP contribution is -1.98. The minimum atomic E-state index is -0.404. The van der Waals surface area contributed by atoms with E-state index in [4.69, 9.17) is 0 Å². The summed E-state index contributed by atoms with van der Waals surface area (Å²) in [6.45, 7) is 3.08. The van der Waals surface area contributed by atoms with E-state index in [0.29, 0.717) is 0 Å². The number of non-ortho nitro benzene ring substituents is 1. The third kappa shape index (κ3) is 4.65. The van der Waals surface area contributed by atoms with Crippen LogP contribution in [0.2, 0.25) is 0 Å². The summed E-state index contributed by atoms with van der Waals surface area (Å²) in [6.07, 6.45) is 9.38. The normalized spacial score (nSPS) is 10.8. The molecular weight excluding hydrogens is 280 g/mol. The molecule has 0 amide bonds. The van der Waals surface area contributed by atoms with Crippen molar-refractivity contribution in [2.45, 2.75) is 52.0 Å². The SMILES string of the molecule is CCCCCCCCn1cc(-c2ccc([N+](=O)[O-])cc2)nn1. The van der Waals surface area contributed by atoms with Crippen molar-refractivity contribution in [3.05, 3.63) is 40.6 Å². The van der Waals surface area contributed by atoms with E-state index in [-0.39, 0.29) is 5.69 Å². The molecule has 0 saturated carbocycles. The Balaban J connectivity index is 1.84. The number of unbranched alkanes of at least 4 members (excludes halogenated alkanes) is 5. The standard InChI is InChI=1S/C16H22N4O2/c1-2-3-4-5-6-7-12-19-13-16(17-18-19)14-8-10-15(11-9-14)20(21)22/h8-11,13H,2-7,12H2,1H3. The molecule has 0 fully saturated rings. The smallest absolute Gasteiger partial charge is 0.258 e. The van der Waals surface area contributed by atoms with Crippen molar-refractivity contribution >= 4 is 5.69 Å². The van der Waals surface area contributed by atoms with Crippen LogP contribution in [0.1, 0.15) is 45.4 Å². The maximum atomic E-state index is 10.6. The largest absolute Gasteiger partial charge is 0.269 e. The highest BCUT2D eigenvalue weighted by molar-refractivity contribution is 5.59. The van der Waals surface area contributed by atoms with Crippen LogP contribution in [-0.4, -0.2) is 19.9 Å². The van der Waals surface area contributed by atoms with Crippen molar-refractivity contribution in [2.75, 3.05) is 0 Å². The second-order valence-electron chi connectivity index (χ2n) is 5.44. The van der Waals surface area contributed by atoms with Crippen LogP contribution in [0.3, 0.4) is 0 Å². The van der Waals surface area contributed by atoms with Gasteiger partial charge in [0.05, 0.1) is 11.1 Å². The summed E-state index contributed by atoms with van der Waals surface area (Å²) in [7, 11) is 0. The quantitative estimate of drug-likeness (QED) is 0.395. The average Bonchev–Trinajstić information content (AvgIpc) is 3.00. The number of aryl methyl sites for hydroxylation is 1. The molecule has 0 unspecified atom stereocenters. The summed E-state index contributed by atoms with van der Waals surface area (Å²) in [4.78, 5) is 10.2. The van der Waals surface area contributed by atoms with Crippen LogP contribution in [-0.2, 0) is 6.54 Å². The van der Waals surface area contributed by atoms with Crippen LogP contribution >= 0.6 is 0 Å². The van der Waals surface area contributed by atoms with Gasteiger partial charge in [0, 0.05) is 24.2 Å². The highest BCUT2D eigenvalue weighted by atomic mass is 16.6. The van der Waals surface area contributed by atoms with Crippen LogP contribution in [0.25, 0.3) is 11.3 Å². The highest BCUT2D eigenvalue weighted by Crippen LogP contribution is 2.20. The molecule has 118 valence electrons. The third-order valence-electron chi connectivity index (χ3n) is 3.65. The average molecular weight is 302 g/mol. The van der Waals surface area contributed by atoms with Gasteiger partial charge in [-0.3, -0.25) is 14.8 Å². The van der Waals surface area contributed by atoms with Crippen molar-refractivity contribution in [3.8, 4) is 11.3 Å². The number of nitrogens with zero attached hydrogens (tertiary/aromatic N) is 4. The van der Waals surface area contributed by atoms with E-state index < -0.39 is 4.92 Å². The number of hydrogen-bond acceptors (Lipinski definition) is 4. The van der Waals surface area contributed by atoms with Gasteiger partial charge in [-0.05, 0) is 18.6 Å². The second kappa shape index (κ2) is 8.26. The summed E-state index contributed by atoms with van der Waals surface area (Å²) in [5.74, 6) is 0. The molecular formula is C16H22N4O2. The molecule has 2 rings (SSSR count). The van der Waals surface area contributed by atoms with Gasteiger partial charge in [0.25, 0.3) is 5.69 Å². The van der Waals surface area contributed by atoms with Gasteiger partial charge in [-0.15, -0.1) is 5.10 Å². The first kappa shape index (κ1) is 16.1. The Morgan fingerprint density at radius 3 is 2.45 bits per heavy atom. The number of benzene rings is 1. The molecule has 0 bridgehead atoms. The maximum absolute atomic E-state index is 10.6. The first-order chi connectivity index (χ1) is 10.7. The highest BCUT2D eigenvalue weighted by Gasteiger charge is 2.07. The van der Waals surface area contributed by atoms with E-state index in [9.17, 15) is 10.1 Å². The summed E-state index contributed by atoms with van der Waals surface area (Å²) in [5.41, 5.74) is 1.68. The molecule has 6 heteroatoms. The van der Waals surface area contributed by atoms with Gasteiger partial charge in [0.2, 0.25) is 0 Å². The minimum absolute atomic E-state index is 0.0863.